The van der Waals surface area contributed by atoms with E-state index in [1.807, 2.05) is 31.2 Å². The minimum Gasteiger partial charge on any atom is -0.468 e. The van der Waals surface area contributed by atoms with Gasteiger partial charge in [0.15, 0.2) is 0 Å². The molecule has 0 aliphatic rings. The van der Waals surface area contributed by atoms with Crippen molar-refractivity contribution in [3.63, 3.8) is 0 Å². The molecule has 31 heavy (non-hydrogen) atoms. The van der Waals surface area contributed by atoms with Crippen LogP contribution in [0.25, 0.3) is 0 Å². The van der Waals surface area contributed by atoms with Gasteiger partial charge >= 0.3 is 0 Å². The van der Waals surface area contributed by atoms with Crippen molar-refractivity contribution in [2.45, 2.75) is 17.6 Å². The molecule has 164 valence electrons. The predicted octanol–water partition coefficient (Wildman–Crippen LogP) is 4.49. The average Bonchev–Trinajstić information content (AvgIpc) is 3.26. The van der Waals surface area contributed by atoms with Crippen LogP contribution in [0.4, 0.5) is 5.69 Å². The fourth-order valence-corrected chi connectivity index (χ4v) is 5.26. The van der Waals surface area contributed by atoms with Gasteiger partial charge in [-0.05, 0) is 55.0 Å². The summed E-state index contributed by atoms with van der Waals surface area (Å²) >= 11 is 7.52. The molecule has 2 aromatic carbocycles. The number of sulfonamides is 1. The number of furan rings is 1. The number of nitrogens with one attached hydrogen (secondary N) is 1. The van der Waals surface area contributed by atoms with E-state index in [-0.39, 0.29) is 17.3 Å². The largest absolute Gasteiger partial charge is 0.468 e. The second kappa shape index (κ2) is 10.7. The summed E-state index contributed by atoms with van der Waals surface area (Å²) in [6.45, 7) is 1.91. The van der Waals surface area contributed by atoms with Gasteiger partial charge in [-0.3, -0.25) is 9.10 Å². The molecular weight excluding hydrogens is 456 g/mol. The Balaban J connectivity index is 1.69. The number of aryl methyl sites for hydroxylation is 1. The van der Waals surface area contributed by atoms with Crippen LogP contribution in [0.1, 0.15) is 11.3 Å². The lowest BCUT2D eigenvalue weighted by molar-refractivity contribution is -0.119. The van der Waals surface area contributed by atoms with Gasteiger partial charge < -0.3 is 9.73 Å². The Bertz CT molecular complexity index is 1100. The fourth-order valence-electron chi connectivity index (χ4n) is 2.89. The van der Waals surface area contributed by atoms with Crippen molar-refractivity contribution in [3.8, 4) is 0 Å². The minimum absolute atomic E-state index is 0.0713. The first-order chi connectivity index (χ1) is 14.9. The van der Waals surface area contributed by atoms with Crippen molar-refractivity contribution in [1.29, 1.82) is 0 Å². The number of carbonyl (C=O) groups excluding carboxylic acids is 1. The Kier molecular flexibility index (Phi) is 8.06. The molecule has 0 bridgehead atoms. The van der Waals surface area contributed by atoms with E-state index in [9.17, 15) is 13.2 Å². The molecule has 0 fully saturated rings. The van der Waals surface area contributed by atoms with Crippen LogP contribution in [0.15, 0.2) is 76.2 Å². The van der Waals surface area contributed by atoms with E-state index in [4.69, 9.17) is 16.0 Å². The maximum atomic E-state index is 13.3. The van der Waals surface area contributed by atoms with E-state index in [0.29, 0.717) is 28.8 Å². The third kappa shape index (κ3) is 6.29. The van der Waals surface area contributed by atoms with Crippen molar-refractivity contribution in [2.24, 2.45) is 0 Å². The zero-order chi connectivity index (χ0) is 22.3. The van der Waals surface area contributed by atoms with Gasteiger partial charge in [-0.1, -0.05) is 29.8 Å². The number of hydrogen-bond acceptors (Lipinski definition) is 5. The second-order valence-corrected chi connectivity index (χ2v) is 10.1. The van der Waals surface area contributed by atoms with E-state index in [2.05, 4.69) is 5.32 Å². The van der Waals surface area contributed by atoms with Crippen LogP contribution in [-0.4, -0.2) is 33.2 Å². The van der Waals surface area contributed by atoms with Crippen LogP contribution < -0.4 is 9.62 Å². The third-order valence-electron chi connectivity index (χ3n) is 4.47. The average molecular weight is 479 g/mol. The van der Waals surface area contributed by atoms with E-state index < -0.39 is 10.0 Å². The number of rotatable bonds is 10. The Morgan fingerprint density at radius 2 is 1.84 bits per heavy atom. The van der Waals surface area contributed by atoms with Gasteiger partial charge in [-0.15, -0.1) is 0 Å². The SMILES string of the molecule is Cc1ccccc1N(CC(=O)NCCSCc1ccco1)S(=O)(=O)c1ccc(Cl)cc1. The number of para-hydroxylation sites is 1. The number of benzene rings is 2. The number of anilines is 1. The molecule has 0 spiro atoms. The maximum absolute atomic E-state index is 13.3. The summed E-state index contributed by atoms with van der Waals surface area (Å²) in [4.78, 5) is 12.7. The van der Waals surface area contributed by atoms with Crippen molar-refractivity contribution >= 4 is 45.0 Å². The van der Waals surface area contributed by atoms with E-state index in [0.717, 1.165) is 15.6 Å². The molecule has 1 amide bonds. The van der Waals surface area contributed by atoms with Gasteiger partial charge in [0, 0.05) is 17.3 Å². The van der Waals surface area contributed by atoms with Crippen LogP contribution in [0.5, 0.6) is 0 Å². The topological polar surface area (TPSA) is 79.6 Å². The van der Waals surface area contributed by atoms with Crippen LogP contribution in [0, 0.1) is 6.92 Å². The molecule has 0 aliphatic heterocycles. The van der Waals surface area contributed by atoms with Gasteiger partial charge in [-0.2, -0.15) is 11.8 Å². The normalized spacial score (nSPS) is 11.3. The zero-order valence-corrected chi connectivity index (χ0v) is 19.3. The van der Waals surface area contributed by atoms with Crippen molar-refractivity contribution in [1.82, 2.24) is 5.32 Å². The van der Waals surface area contributed by atoms with E-state index >= 15 is 0 Å². The Morgan fingerprint density at radius 3 is 2.52 bits per heavy atom. The maximum Gasteiger partial charge on any atom is 0.264 e. The van der Waals surface area contributed by atoms with Crippen LogP contribution >= 0.6 is 23.4 Å². The van der Waals surface area contributed by atoms with Crippen molar-refractivity contribution in [3.05, 3.63) is 83.3 Å². The molecule has 1 heterocycles. The van der Waals surface area contributed by atoms with Crippen LogP contribution in [0.2, 0.25) is 5.02 Å². The number of carbonyl (C=O) groups is 1. The van der Waals surface area contributed by atoms with Gasteiger partial charge in [0.1, 0.15) is 12.3 Å². The first-order valence-electron chi connectivity index (χ1n) is 9.58. The monoisotopic (exact) mass is 478 g/mol. The Hall–Kier alpha value is -2.42. The molecule has 0 saturated carbocycles. The summed E-state index contributed by atoms with van der Waals surface area (Å²) in [5, 5.41) is 3.23. The predicted molar refractivity (Wildman–Crippen MR) is 125 cm³/mol. The lowest BCUT2D eigenvalue weighted by atomic mass is 10.2. The Morgan fingerprint density at radius 1 is 1.10 bits per heavy atom. The number of hydrogen-bond donors (Lipinski definition) is 1. The Labute approximate surface area is 191 Å². The van der Waals surface area contributed by atoms with Gasteiger partial charge in [-0.25, -0.2) is 8.42 Å². The molecule has 0 radical (unpaired) electrons. The molecule has 3 aromatic rings. The highest BCUT2D eigenvalue weighted by Crippen LogP contribution is 2.27. The van der Waals surface area contributed by atoms with Crippen LogP contribution in [0.3, 0.4) is 0 Å². The molecule has 6 nitrogen and oxygen atoms in total. The third-order valence-corrected chi connectivity index (χ3v) is 7.47. The van der Waals surface area contributed by atoms with Gasteiger partial charge in [0.05, 0.1) is 22.6 Å². The molecule has 0 atom stereocenters. The first-order valence-corrected chi connectivity index (χ1v) is 12.6. The van der Waals surface area contributed by atoms with E-state index in [1.54, 1.807) is 30.2 Å². The summed E-state index contributed by atoms with van der Waals surface area (Å²) in [6, 6.07) is 16.7. The molecule has 0 unspecified atom stereocenters. The van der Waals surface area contributed by atoms with Gasteiger partial charge in [0.2, 0.25) is 5.91 Å². The highest BCUT2D eigenvalue weighted by atomic mass is 35.5. The first kappa shape index (κ1) is 23.2. The van der Waals surface area contributed by atoms with Crippen molar-refractivity contribution < 1.29 is 17.6 Å². The number of amides is 1. The minimum atomic E-state index is -3.96. The molecule has 9 heteroatoms. The smallest absolute Gasteiger partial charge is 0.264 e. The number of nitrogens with zero attached hydrogens (tertiary/aromatic N) is 1. The molecule has 0 saturated heterocycles. The summed E-state index contributed by atoms with van der Waals surface area (Å²) < 4.78 is 33.1. The summed E-state index contributed by atoms with van der Waals surface area (Å²) in [5.41, 5.74) is 1.21. The lowest BCUT2D eigenvalue weighted by Gasteiger charge is -2.25. The lowest BCUT2D eigenvalue weighted by Crippen LogP contribution is -2.41. The highest BCUT2D eigenvalue weighted by molar-refractivity contribution is 7.98. The molecule has 0 aliphatic carbocycles. The summed E-state index contributed by atoms with van der Waals surface area (Å²) in [5.74, 6) is 1.89. The van der Waals surface area contributed by atoms with Gasteiger partial charge in [0.25, 0.3) is 10.0 Å². The summed E-state index contributed by atoms with van der Waals surface area (Å²) in [6.07, 6.45) is 1.62. The molecule has 3 rings (SSSR count). The molecular formula is C22H23ClN2O4S2. The molecule has 1 aromatic heterocycles. The van der Waals surface area contributed by atoms with Crippen LogP contribution in [-0.2, 0) is 20.6 Å². The van der Waals surface area contributed by atoms with Crippen molar-refractivity contribution in [2.75, 3.05) is 23.1 Å². The second-order valence-electron chi connectivity index (χ2n) is 6.73. The fraction of sp³-hybridized carbons (Fsp3) is 0.227. The number of halogens is 1. The quantitative estimate of drug-likeness (QED) is 0.434. The summed E-state index contributed by atoms with van der Waals surface area (Å²) in [7, 11) is -3.96. The highest BCUT2D eigenvalue weighted by Gasteiger charge is 2.28. The van der Waals surface area contributed by atoms with E-state index in [1.165, 1.54) is 24.3 Å². The number of thioether (sulfide) groups is 1. The molecule has 1 N–H and O–H groups in total. The standard InChI is InChI=1S/C22H23ClN2O4S2/c1-17-5-2-3-7-21(17)25(31(27,28)20-10-8-18(23)9-11-20)15-22(26)24-12-14-30-16-19-6-4-13-29-19/h2-11,13H,12,14-16H2,1H3,(H,24,26). The zero-order valence-electron chi connectivity index (χ0n) is 17.0.